The summed E-state index contributed by atoms with van der Waals surface area (Å²) in [5, 5.41) is 2.44. The topological polar surface area (TPSA) is 75.3 Å². The van der Waals surface area contributed by atoms with Gasteiger partial charge in [0.25, 0.3) is 0 Å². The molecule has 0 bridgehead atoms. The van der Waals surface area contributed by atoms with Crippen LogP contribution in [0.1, 0.15) is 17.5 Å². The van der Waals surface area contributed by atoms with Crippen molar-refractivity contribution in [2.24, 2.45) is 0 Å². The van der Waals surface area contributed by atoms with Gasteiger partial charge in [0, 0.05) is 6.54 Å². The number of amides is 1. The molecule has 0 fully saturated rings. The summed E-state index contributed by atoms with van der Waals surface area (Å²) in [7, 11) is -4.32. The molecule has 1 amide bonds. The maximum atomic E-state index is 13.9. The molecule has 2 aromatic rings. The minimum Gasteiger partial charge on any atom is -0.351 e. The standard InChI is InChI=1S/C19H20F4N2O3S2/c1-29-10-9-16(25-30(27,28)17-8-3-2-7-15(17)20)18(26)24-12-13-5-4-6-14(11-13)19(21,22)23/h2-8,11,16,25H,9-10,12H2,1H3,(H,24,26). The van der Waals surface area contributed by atoms with Gasteiger partial charge in [-0.05, 0) is 48.3 Å². The summed E-state index contributed by atoms with van der Waals surface area (Å²) in [5.74, 6) is -1.25. The molecule has 2 N–H and O–H groups in total. The monoisotopic (exact) mass is 464 g/mol. The van der Waals surface area contributed by atoms with Gasteiger partial charge in [-0.1, -0.05) is 24.3 Å². The first-order chi connectivity index (χ1) is 14.0. The number of sulfonamides is 1. The number of hydrogen-bond acceptors (Lipinski definition) is 4. The molecule has 0 aliphatic rings. The average Bonchev–Trinajstić information content (AvgIpc) is 2.69. The molecule has 164 valence electrons. The maximum absolute atomic E-state index is 13.9. The van der Waals surface area contributed by atoms with E-state index in [9.17, 15) is 30.8 Å². The minimum atomic E-state index is -4.52. The number of hydrogen-bond donors (Lipinski definition) is 2. The molecule has 2 aromatic carbocycles. The summed E-state index contributed by atoms with van der Waals surface area (Å²) >= 11 is 1.38. The van der Waals surface area contributed by atoms with E-state index in [0.717, 1.165) is 24.3 Å². The number of carbonyl (C=O) groups excluding carboxylic acids is 1. The van der Waals surface area contributed by atoms with Gasteiger partial charge in [-0.25, -0.2) is 12.8 Å². The molecule has 0 spiro atoms. The number of nitrogens with one attached hydrogen (secondary N) is 2. The van der Waals surface area contributed by atoms with Crippen molar-refractivity contribution < 1.29 is 30.8 Å². The Morgan fingerprint density at radius 3 is 2.47 bits per heavy atom. The molecule has 0 aliphatic carbocycles. The van der Waals surface area contributed by atoms with Crippen LogP contribution in [0.25, 0.3) is 0 Å². The quantitative estimate of drug-likeness (QED) is 0.557. The van der Waals surface area contributed by atoms with Crippen LogP contribution in [0, 0.1) is 5.82 Å². The summed E-state index contributed by atoms with van der Waals surface area (Å²) in [4.78, 5) is 11.9. The number of thioether (sulfide) groups is 1. The lowest BCUT2D eigenvalue weighted by Crippen LogP contribution is -2.46. The van der Waals surface area contributed by atoms with Gasteiger partial charge in [0.1, 0.15) is 16.8 Å². The predicted octanol–water partition coefficient (Wildman–Crippen LogP) is 3.56. The van der Waals surface area contributed by atoms with Gasteiger partial charge in [0.15, 0.2) is 0 Å². The Kier molecular flexibility index (Phi) is 8.27. The van der Waals surface area contributed by atoms with Crippen LogP contribution in [-0.2, 0) is 27.5 Å². The zero-order chi connectivity index (χ0) is 22.4. The van der Waals surface area contributed by atoms with Gasteiger partial charge < -0.3 is 5.32 Å². The zero-order valence-corrected chi connectivity index (χ0v) is 17.5. The van der Waals surface area contributed by atoms with Crippen molar-refractivity contribution in [1.82, 2.24) is 10.0 Å². The molecule has 2 rings (SSSR count). The Balaban J connectivity index is 2.13. The molecule has 0 aliphatic heterocycles. The Hall–Kier alpha value is -2.11. The Morgan fingerprint density at radius 2 is 1.83 bits per heavy atom. The normalized spacial score (nSPS) is 13.1. The van der Waals surface area contributed by atoms with Crippen LogP contribution in [0.5, 0.6) is 0 Å². The highest BCUT2D eigenvalue weighted by Gasteiger charge is 2.31. The number of benzene rings is 2. The molecule has 1 atom stereocenters. The third-order valence-corrected chi connectivity index (χ3v) is 6.22. The first kappa shape index (κ1) is 24.2. The summed E-state index contributed by atoms with van der Waals surface area (Å²) in [5.41, 5.74) is -0.646. The lowest BCUT2D eigenvalue weighted by atomic mass is 10.1. The van der Waals surface area contributed by atoms with Crippen LogP contribution < -0.4 is 10.0 Å². The molecule has 1 unspecified atom stereocenters. The van der Waals surface area contributed by atoms with E-state index in [1.807, 2.05) is 0 Å². The van der Waals surface area contributed by atoms with Crippen molar-refractivity contribution in [2.45, 2.75) is 30.1 Å². The van der Waals surface area contributed by atoms with E-state index < -0.39 is 44.4 Å². The number of alkyl halides is 3. The van der Waals surface area contributed by atoms with Gasteiger partial charge in [0.05, 0.1) is 5.56 Å². The molecule has 0 aromatic heterocycles. The Labute approximate surface area is 176 Å². The van der Waals surface area contributed by atoms with E-state index in [1.54, 1.807) is 6.26 Å². The van der Waals surface area contributed by atoms with Crippen molar-refractivity contribution in [1.29, 1.82) is 0 Å². The molecular weight excluding hydrogens is 444 g/mol. The van der Waals surface area contributed by atoms with E-state index in [0.29, 0.717) is 5.75 Å². The van der Waals surface area contributed by atoms with Crippen LogP contribution in [-0.4, -0.2) is 32.4 Å². The summed E-state index contributed by atoms with van der Waals surface area (Å²) in [6, 6.07) is 7.97. The van der Waals surface area contributed by atoms with Gasteiger partial charge in [0.2, 0.25) is 15.9 Å². The zero-order valence-electron chi connectivity index (χ0n) is 15.9. The van der Waals surface area contributed by atoms with E-state index >= 15 is 0 Å². The highest BCUT2D eigenvalue weighted by atomic mass is 32.2. The van der Waals surface area contributed by atoms with E-state index in [2.05, 4.69) is 10.0 Å². The van der Waals surface area contributed by atoms with Gasteiger partial charge >= 0.3 is 6.18 Å². The number of rotatable bonds is 9. The second-order valence-corrected chi connectivity index (χ2v) is 8.97. The van der Waals surface area contributed by atoms with Crippen molar-refractivity contribution in [3.63, 3.8) is 0 Å². The van der Waals surface area contributed by atoms with Gasteiger partial charge in [-0.15, -0.1) is 0 Å². The fourth-order valence-corrected chi connectivity index (χ4v) is 4.34. The predicted molar refractivity (Wildman–Crippen MR) is 107 cm³/mol. The number of carbonyl (C=O) groups is 1. The minimum absolute atomic E-state index is 0.114. The van der Waals surface area contributed by atoms with E-state index in [1.165, 1.54) is 36.0 Å². The molecule has 0 saturated carbocycles. The van der Waals surface area contributed by atoms with Gasteiger partial charge in [-0.3, -0.25) is 4.79 Å². The molecule has 5 nitrogen and oxygen atoms in total. The Bertz CT molecular complexity index is 982. The molecule has 0 radical (unpaired) electrons. The van der Waals surface area contributed by atoms with Crippen LogP contribution in [0.4, 0.5) is 17.6 Å². The van der Waals surface area contributed by atoms with E-state index in [4.69, 9.17) is 0 Å². The highest BCUT2D eigenvalue weighted by Crippen LogP contribution is 2.29. The number of halogens is 4. The first-order valence-electron chi connectivity index (χ1n) is 8.74. The van der Waals surface area contributed by atoms with Crippen LogP contribution in [0.2, 0.25) is 0 Å². The Morgan fingerprint density at radius 1 is 1.13 bits per heavy atom. The lowest BCUT2D eigenvalue weighted by molar-refractivity contribution is -0.137. The second-order valence-electron chi connectivity index (χ2n) is 6.30. The van der Waals surface area contributed by atoms with Crippen molar-refractivity contribution >= 4 is 27.7 Å². The molecule has 11 heteroatoms. The third kappa shape index (κ3) is 6.71. The smallest absolute Gasteiger partial charge is 0.351 e. The third-order valence-electron chi connectivity index (χ3n) is 4.07. The van der Waals surface area contributed by atoms with Crippen molar-refractivity contribution in [3.8, 4) is 0 Å². The van der Waals surface area contributed by atoms with E-state index in [-0.39, 0.29) is 18.5 Å². The van der Waals surface area contributed by atoms with Crippen LogP contribution in [0.3, 0.4) is 0 Å². The summed E-state index contributed by atoms with van der Waals surface area (Å²) in [6.07, 6.45) is -2.64. The molecule has 30 heavy (non-hydrogen) atoms. The van der Waals surface area contributed by atoms with Crippen molar-refractivity contribution in [3.05, 3.63) is 65.5 Å². The summed E-state index contributed by atoms with van der Waals surface area (Å²) < 4.78 is 79.5. The first-order valence-corrected chi connectivity index (χ1v) is 11.6. The van der Waals surface area contributed by atoms with Crippen LogP contribution in [0.15, 0.2) is 53.4 Å². The lowest BCUT2D eigenvalue weighted by Gasteiger charge is -2.19. The fraction of sp³-hybridized carbons (Fsp3) is 0.316. The van der Waals surface area contributed by atoms with Crippen LogP contribution >= 0.6 is 11.8 Å². The second kappa shape index (κ2) is 10.3. The maximum Gasteiger partial charge on any atom is 0.416 e. The fourth-order valence-electron chi connectivity index (χ4n) is 2.56. The average molecular weight is 465 g/mol. The molecule has 0 heterocycles. The van der Waals surface area contributed by atoms with Gasteiger partial charge in [-0.2, -0.15) is 29.7 Å². The SMILES string of the molecule is CSCCC(NS(=O)(=O)c1ccccc1F)C(=O)NCc1cccc(C(F)(F)F)c1. The molecular formula is C19H20F4N2O3S2. The molecule has 0 saturated heterocycles. The van der Waals surface area contributed by atoms with Crippen molar-refractivity contribution in [2.75, 3.05) is 12.0 Å². The summed E-state index contributed by atoms with van der Waals surface area (Å²) in [6.45, 7) is -0.222. The largest absolute Gasteiger partial charge is 0.416 e. The highest BCUT2D eigenvalue weighted by molar-refractivity contribution is 7.98.